The standard InChI is InChI=1S/C23H28N2O3S/c1-5-19-15-29-23(24-18-8-10-20(27-4)11-9-18)25(19)22(26)12-13-28-21-14-16(2)6-7-17(21)3/h6-11,14,19H,5,12-13,15H2,1-4H3/t19-/m1/s1. The maximum absolute atomic E-state index is 13.0. The number of amides is 1. The van der Waals surface area contributed by atoms with Gasteiger partial charge in [0.05, 0.1) is 25.8 Å². The molecule has 0 aromatic heterocycles. The van der Waals surface area contributed by atoms with E-state index in [1.54, 1.807) is 18.9 Å². The minimum atomic E-state index is 0.0550. The van der Waals surface area contributed by atoms with Crippen LogP contribution in [0.4, 0.5) is 5.69 Å². The van der Waals surface area contributed by atoms with E-state index >= 15 is 0 Å². The van der Waals surface area contributed by atoms with Crippen molar-refractivity contribution < 1.29 is 14.3 Å². The third-order valence-electron chi connectivity index (χ3n) is 4.93. The van der Waals surface area contributed by atoms with Crippen LogP contribution in [0.15, 0.2) is 47.5 Å². The largest absolute Gasteiger partial charge is 0.497 e. The van der Waals surface area contributed by atoms with Gasteiger partial charge in [-0.05, 0) is 61.7 Å². The van der Waals surface area contributed by atoms with Gasteiger partial charge >= 0.3 is 0 Å². The number of benzene rings is 2. The third-order valence-corrected chi connectivity index (χ3v) is 6.03. The number of nitrogens with zero attached hydrogens (tertiary/aromatic N) is 2. The molecular formula is C23H28N2O3S. The fourth-order valence-electron chi connectivity index (χ4n) is 3.17. The maximum Gasteiger partial charge on any atom is 0.232 e. The lowest BCUT2D eigenvalue weighted by molar-refractivity contribution is -0.128. The molecule has 0 bridgehead atoms. The molecule has 0 aliphatic carbocycles. The molecule has 0 spiro atoms. The second-order valence-electron chi connectivity index (χ2n) is 7.10. The summed E-state index contributed by atoms with van der Waals surface area (Å²) in [6.45, 7) is 6.51. The SMILES string of the molecule is CC[C@@H]1CSC(=Nc2ccc(OC)cc2)N1C(=O)CCOc1cc(C)ccc1C. The molecule has 1 amide bonds. The highest BCUT2D eigenvalue weighted by molar-refractivity contribution is 8.14. The molecule has 1 heterocycles. The smallest absolute Gasteiger partial charge is 0.232 e. The number of rotatable bonds is 7. The van der Waals surface area contributed by atoms with Crippen LogP contribution >= 0.6 is 11.8 Å². The van der Waals surface area contributed by atoms with Crippen molar-refractivity contribution in [3.05, 3.63) is 53.6 Å². The molecule has 0 N–H and O–H groups in total. The molecule has 154 valence electrons. The minimum Gasteiger partial charge on any atom is -0.497 e. The van der Waals surface area contributed by atoms with E-state index in [0.717, 1.165) is 45.7 Å². The molecule has 1 atom stereocenters. The van der Waals surface area contributed by atoms with Gasteiger partial charge in [0, 0.05) is 11.8 Å². The van der Waals surface area contributed by atoms with Crippen molar-refractivity contribution in [2.45, 2.75) is 39.7 Å². The molecule has 6 heteroatoms. The molecule has 2 aromatic carbocycles. The normalized spacial score (nSPS) is 17.6. The number of ether oxygens (including phenoxy) is 2. The van der Waals surface area contributed by atoms with Gasteiger partial charge in [-0.3, -0.25) is 9.69 Å². The Kier molecular flexibility index (Phi) is 7.20. The lowest BCUT2D eigenvalue weighted by atomic mass is 10.1. The number of carbonyl (C=O) groups is 1. The van der Waals surface area contributed by atoms with E-state index in [2.05, 4.69) is 13.0 Å². The first-order chi connectivity index (χ1) is 14.0. The molecule has 1 aliphatic heterocycles. The van der Waals surface area contributed by atoms with Gasteiger partial charge in [-0.1, -0.05) is 30.8 Å². The van der Waals surface area contributed by atoms with Crippen LogP contribution in [0.1, 0.15) is 30.9 Å². The maximum atomic E-state index is 13.0. The van der Waals surface area contributed by atoms with E-state index in [-0.39, 0.29) is 11.9 Å². The van der Waals surface area contributed by atoms with Crippen molar-refractivity contribution in [2.75, 3.05) is 19.5 Å². The van der Waals surface area contributed by atoms with Gasteiger partial charge in [0.1, 0.15) is 11.5 Å². The zero-order valence-electron chi connectivity index (χ0n) is 17.5. The summed E-state index contributed by atoms with van der Waals surface area (Å²) in [7, 11) is 1.64. The van der Waals surface area contributed by atoms with Crippen LogP contribution in [-0.2, 0) is 4.79 Å². The number of aryl methyl sites for hydroxylation is 2. The quantitative estimate of drug-likeness (QED) is 0.633. The molecule has 3 rings (SSSR count). The monoisotopic (exact) mass is 412 g/mol. The number of hydrogen-bond acceptors (Lipinski definition) is 5. The topological polar surface area (TPSA) is 51.1 Å². The van der Waals surface area contributed by atoms with Gasteiger partial charge in [0.2, 0.25) is 5.91 Å². The van der Waals surface area contributed by atoms with Crippen LogP contribution in [-0.4, -0.2) is 41.5 Å². The van der Waals surface area contributed by atoms with Crippen LogP contribution in [0, 0.1) is 13.8 Å². The highest BCUT2D eigenvalue weighted by Gasteiger charge is 2.33. The highest BCUT2D eigenvalue weighted by Crippen LogP contribution is 2.30. The Labute approximate surface area is 177 Å². The van der Waals surface area contributed by atoms with Gasteiger partial charge in [-0.15, -0.1) is 0 Å². The Balaban J connectivity index is 1.68. The van der Waals surface area contributed by atoms with Crippen molar-refractivity contribution in [1.29, 1.82) is 0 Å². The number of aliphatic imine (C=N–C) groups is 1. The first-order valence-electron chi connectivity index (χ1n) is 9.89. The van der Waals surface area contributed by atoms with Crippen LogP contribution in [0.25, 0.3) is 0 Å². The molecule has 29 heavy (non-hydrogen) atoms. The first kappa shape index (κ1) is 21.2. The summed E-state index contributed by atoms with van der Waals surface area (Å²) in [6, 6.07) is 13.8. The average molecular weight is 413 g/mol. The third kappa shape index (κ3) is 5.32. The Bertz CT molecular complexity index is 880. The fraction of sp³-hybridized carbons (Fsp3) is 0.391. The van der Waals surface area contributed by atoms with Gasteiger partial charge in [-0.2, -0.15) is 0 Å². The molecule has 0 saturated carbocycles. The summed E-state index contributed by atoms with van der Waals surface area (Å²) in [4.78, 5) is 19.6. The van der Waals surface area contributed by atoms with Crippen molar-refractivity contribution in [2.24, 2.45) is 4.99 Å². The second kappa shape index (κ2) is 9.83. The van der Waals surface area contributed by atoms with Crippen LogP contribution < -0.4 is 9.47 Å². The Hall–Kier alpha value is -2.47. The van der Waals surface area contributed by atoms with Gasteiger partial charge < -0.3 is 9.47 Å². The molecule has 1 aliphatic rings. The number of carbonyl (C=O) groups excluding carboxylic acids is 1. The number of amidine groups is 1. The van der Waals surface area contributed by atoms with E-state index in [1.807, 2.05) is 55.1 Å². The Morgan fingerprint density at radius 2 is 1.97 bits per heavy atom. The summed E-state index contributed by atoms with van der Waals surface area (Å²) < 4.78 is 11.1. The lowest BCUT2D eigenvalue weighted by Crippen LogP contribution is -2.39. The first-order valence-corrected chi connectivity index (χ1v) is 10.9. The fourth-order valence-corrected chi connectivity index (χ4v) is 4.45. The minimum absolute atomic E-state index is 0.0550. The molecule has 1 fully saturated rings. The van der Waals surface area contributed by atoms with E-state index in [0.29, 0.717) is 13.0 Å². The molecule has 0 radical (unpaired) electrons. The van der Waals surface area contributed by atoms with Crippen molar-refractivity contribution in [3.63, 3.8) is 0 Å². The Morgan fingerprint density at radius 3 is 2.66 bits per heavy atom. The van der Waals surface area contributed by atoms with Crippen LogP contribution in [0.2, 0.25) is 0 Å². The van der Waals surface area contributed by atoms with Crippen molar-refractivity contribution in [1.82, 2.24) is 4.90 Å². The van der Waals surface area contributed by atoms with Crippen LogP contribution in [0.3, 0.4) is 0 Å². The van der Waals surface area contributed by atoms with Crippen molar-refractivity contribution in [3.8, 4) is 11.5 Å². The van der Waals surface area contributed by atoms with E-state index in [1.165, 1.54) is 0 Å². The molecular weight excluding hydrogens is 384 g/mol. The predicted molar refractivity (Wildman–Crippen MR) is 120 cm³/mol. The lowest BCUT2D eigenvalue weighted by Gasteiger charge is -2.23. The summed E-state index contributed by atoms with van der Waals surface area (Å²) in [5, 5.41) is 0.763. The highest BCUT2D eigenvalue weighted by atomic mass is 32.2. The van der Waals surface area contributed by atoms with Crippen LogP contribution in [0.5, 0.6) is 11.5 Å². The van der Waals surface area contributed by atoms with Gasteiger partial charge in [0.25, 0.3) is 0 Å². The average Bonchev–Trinajstić information content (AvgIpc) is 3.13. The summed E-state index contributed by atoms with van der Waals surface area (Å²) in [6.07, 6.45) is 1.23. The number of thioether (sulfide) groups is 1. The molecule has 2 aromatic rings. The summed E-state index contributed by atoms with van der Waals surface area (Å²) >= 11 is 1.63. The predicted octanol–water partition coefficient (Wildman–Crippen LogP) is 5.12. The number of hydrogen-bond donors (Lipinski definition) is 0. The molecule has 1 saturated heterocycles. The summed E-state index contributed by atoms with van der Waals surface area (Å²) in [5.74, 6) is 2.55. The van der Waals surface area contributed by atoms with Gasteiger partial charge in [-0.25, -0.2) is 4.99 Å². The van der Waals surface area contributed by atoms with E-state index in [9.17, 15) is 4.79 Å². The zero-order valence-corrected chi connectivity index (χ0v) is 18.3. The second-order valence-corrected chi connectivity index (χ2v) is 8.08. The zero-order chi connectivity index (χ0) is 20.8. The summed E-state index contributed by atoms with van der Waals surface area (Å²) in [5.41, 5.74) is 3.04. The van der Waals surface area contributed by atoms with Gasteiger partial charge in [0.15, 0.2) is 5.17 Å². The van der Waals surface area contributed by atoms with E-state index < -0.39 is 0 Å². The molecule has 0 unspecified atom stereocenters. The van der Waals surface area contributed by atoms with E-state index in [4.69, 9.17) is 14.5 Å². The molecule has 5 nitrogen and oxygen atoms in total. The Morgan fingerprint density at radius 1 is 1.21 bits per heavy atom. The number of methoxy groups -OCH3 is 1. The van der Waals surface area contributed by atoms with Crippen molar-refractivity contribution >= 4 is 28.5 Å².